The van der Waals surface area contributed by atoms with Crippen molar-refractivity contribution < 1.29 is 32.2 Å². The number of aryl methyl sites for hydroxylation is 1. The Balaban J connectivity index is 1.10. The Bertz CT molecular complexity index is 2680. The molecule has 1 fully saturated rings. The van der Waals surface area contributed by atoms with E-state index < -0.39 is 29.8 Å². The number of benzene rings is 2. The maximum atomic E-state index is 14.4. The van der Waals surface area contributed by atoms with Gasteiger partial charge in [-0.05, 0) is 37.0 Å². The fraction of sp³-hybridized carbons (Fsp3) is 0.333. The fourth-order valence-electron chi connectivity index (χ4n) is 7.24. The number of rotatable bonds is 10. The maximum absolute atomic E-state index is 14.4. The number of hydrogen-bond acceptors (Lipinski definition) is 12. The second-order valence-electron chi connectivity index (χ2n) is 13.8. The van der Waals surface area contributed by atoms with Crippen molar-refractivity contribution in [1.82, 2.24) is 39.0 Å². The molecule has 4 aromatic heterocycles. The van der Waals surface area contributed by atoms with Gasteiger partial charge in [-0.2, -0.15) is 22.7 Å². The number of piperazine rings is 1. The molecular weight excluding hydrogens is 813 g/mol. The third-order valence-electron chi connectivity index (χ3n) is 10.1. The van der Waals surface area contributed by atoms with E-state index in [1.807, 2.05) is 48.2 Å². The van der Waals surface area contributed by atoms with E-state index in [1.165, 1.54) is 11.8 Å². The predicted octanol–water partition coefficient (Wildman–Crippen LogP) is 5.82. The summed E-state index contributed by atoms with van der Waals surface area (Å²) in [5.74, 6) is -0.308. The number of nitrogens with zero attached hydrogens (tertiary/aromatic N) is 9. The van der Waals surface area contributed by atoms with E-state index in [0.29, 0.717) is 42.6 Å². The van der Waals surface area contributed by atoms with Crippen molar-refractivity contribution in [2.24, 2.45) is 0 Å². The summed E-state index contributed by atoms with van der Waals surface area (Å²) in [4.78, 5) is 63.2. The molecule has 0 aliphatic carbocycles. The number of carbonyl (C=O) groups excluding carboxylic acids is 2. The van der Waals surface area contributed by atoms with Crippen LogP contribution in [0.15, 0.2) is 59.1 Å². The van der Waals surface area contributed by atoms with Gasteiger partial charge >= 0.3 is 6.18 Å². The second-order valence-corrected chi connectivity index (χ2v) is 15.1. The van der Waals surface area contributed by atoms with Gasteiger partial charge in [0.15, 0.2) is 17.3 Å². The number of aromatic nitrogens is 7. The van der Waals surface area contributed by atoms with Gasteiger partial charge in [-0.15, -0.1) is 16.4 Å². The van der Waals surface area contributed by atoms with Crippen LogP contribution in [-0.4, -0.2) is 90.2 Å². The van der Waals surface area contributed by atoms with Gasteiger partial charge in [-0.25, -0.2) is 15.0 Å². The zero-order valence-corrected chi connectivity index (χ0v) is 33.3. The molecule has 15 nitrogen and oxygen atoms in total. The lowest BCUT2D eigenvalue weighted by Gasteiger charge is -2.36. The van der Waals surface area contributed by atoms with Gasteiger partial charge in [0.05, 0.1) is 51.1 Å². The number of amides is 2. The third-order valence-corrected chi connectivity index (χ3v) is 11.3. The van der Waals surface area contributed by atoms with E-state index >= 15 is 0 Å². The number of thiazole rings is 1. The van der Waals surface area contributed by atoms with Crippen molar-refractivity contribution in [2.75, 3.05) is 49.6 Å². The topological polar surface area (TPSA) is 162 Å². The van der Waals surface area contributed by atoms with E-state index in [0.717, 1.165) is 33.1 Å². The van der Waals surface area contributed by atoms with Crippen molar-refractivity contribution >= 4 is 67.7 Å². The third kappa shape index (κ3) is 7.84. The normalized spacial score (nSPS) is 14.8. The number of nitrogens with one attached hydrogen (secondary N) is 1. The molecule has 2 aromatic carbocycles. The Labute approximate surface area is 343 Å². The van der Waals surface area contributed by atoms with Crippen LogP contribution in [0.4, 0.5) is 24.5 Å². The summed E-state index contributed by atoms with van der Waals surface area (Å²) in [6, 6.07) is 10.3. The molecule has 0 radical (unpaired) electrons. The average molecular weight is 849 g/mol. The van der Waals surface area contributed by atoms with E-state index in [-0.39, 0.29) is 83.2 Å². The molecule has 20 heteroatoms. The largest absolute Gasteiger partial charge is 0.485 e. The summed E-state index contributed by atoms with van der Waals surface area (Å²) >= 11 is 7.13. The molecule has 2 aliphatic rings. The minimum absolute atomic E-state index is 0.0703. The SMILES string of the molecule is CCc1c(N2CCN(C(=O)c3ncnc(C)c3OCc3ccccc3)CC2)c(=O)n2nc(C3=CCOCC3)nc2n1CC(=O)Nc1c(Cl)cc(C(F)(F)F)c2scnc12. The molecule has 6 aromatic rings. The first-order valence-electron chi connectivity index (χ1n) is 18.7. The molecule has 0 unspecified atom stereocenters. The van der Waals surface area contributed by atoms with Crippen LogP contribution in [-0.2, 0) is 35.3 Å². The highest BCUT2D eigenvalue weighted by atomic mass is 35.5. The number of carbonyl (C=O) groups is 2. The highest BCUT2D eigenvalue weighted by Gasteiger charge is 2.36. The van der Waals surface area contributed by atoms with E-state index in [9.17, 15) is 27.6 Å². The van der Waals surface area contributed by atoms with Gasteiger partial charge in [0.25, 0.3) is 11.5 Å². The molecular formula is C39H36ClF3N10O5S. The van der Waals surface area contributed by atoms with Crippen LogP contribution in [0.3, 0.4) is 0 Å². The molecule has 0 bridgehead atoms. The van der Waals surface area contributed by atoms with Crippen LogP contribution in [0.2, 0.25) is 5.02 Å². The minimum atomic E-state index is -4.69. The van der Waals surface area contributed by atoms with Crippen molar-refractivity contribution in [3.05, 3.63) is 104 Å². The molecule has 1 saturated heterocycles. The Morgan fingerprint density at radius 3 is 2.58 bits per heavy atom. The lowest BCUT2D eigenvalue weighted by molar-refractivity contribution is -0.136. The van der Waals surface area contributed by atoms with Gasteiger partial charge in [0.1, 0.15) is 30.7 Å². The highest BCUT2D eigenvalue weighted by Crippen LogP contribution is 2.42. The standard InChI is InChI=1S/C39H36ClF3N10O5S/c1-3-27-32(50-11-13-51(14-12-50)36(55)31-33(22(2)44-20-45-31)58-19-23-7-5-4-6-8-23)37(56)53-38(48-35(49-53)24-9-15-57-16-10-24)52(27)18-28(54)47-29-26(40)17-25(39(41,42)43)34-30(29)46-21-59-34/h4-9,17,20-21H,3,10-16,18-19H2,1-2H3,(H,47,54). The predicted molar refractivity (Wildman–Crippen MR) is 214 cm³/mol. The van der Waals surface area contributed by atoms with E-state index in [2.05, 4.69) is 25.4 Å². The van der Waals surface area contributed by atoms with Crippen molar-refractivity contribution in [3.8, 4) is 5.75 Å². The average Bonchev–Trinajstić information content (AvgIpc) is 3.91. The first-order valence-corrected chi connectivity index (χ1v) is 19.9. The number of ether oxygens (including phenoxy) is 2. The summed E-state index contributed by atoms with van der Waals surface area (Å²) in [6.07, 6.45) is -0.740. The number of halogens is 4. The summed E-state index contributed by atoms with van der Waals surface area (Å²) in [7, 11) is 0. The highest BCUT2D eigenvalue weighted by molar-refractivity contribution is 7.17. The Hall–Kier alpha value is -5.92. The Morgan fingerprint density at radius 1 is 1.08 bits per heavy atom. The van der Waals surface area contributed by atoms with Crippen molar-refractivity contribution in [3.63, 3.8) is 0 Å². The van der Waals surface area contributed by atoms with E-state index in [4.69, 9.17) is 26.1 Å². The van der Waals surface area contributed by atoms with Crippen LogP contribution in [0.1, 0.15) is 52.2 Å². The van der Waals surface area contributed by atoms with Gasteiger partial charge in [0, 0.05) is 26.2 Å². The number of alkyl halides is 3. The van der Waals surface area contributed by atoms with Gasteiger partial charge < -0.3 is 29.2 Å². The lowest BCUT2D eigenvalue weighted by Crippen LogP contribution is -2.51. The fourth-order valence-corrected chi connectivity index (χ4v) is 8.32. The molecule has 0 spiro atoms. The molecule has 2 aliphatic heterocycles. The molecule has 1 N–H and O–H groups in total. The number of anilines is 2. The van der Waals surface area contributed by atoms with Crippen LogP contribution < -0.4 is 20.5 Å². The molecule has 2 amide bonds. The molecule has 6 heterocycles. The molecule has 59 heavy (non-hydrogen) atoms. The minimum Gasteiger partial charge on any atom is -0.485 e. The first-order chi connectivity index (χ1) is 28.4. The monoisotopic (exact) mass is 848 g/mol. The zero-order valence-electron chi connectivity index (χ0n) is 31.8. The van der Waals surface area contributed by atoms with Gasteiger partial charge in [0.2, 0.25) is 11.7 Å². The smallest absolute Gasteiger partial charge is 0.417 e. The molecule has 8 rings (SSSR count). The summed E-state index contributed by atoms with van der Waals surface area (Å²) < 4.78 is 55.6. The number of hydrogen-bond donors (Lipinski definition) is 1. The summed E-state index contributed by atoms with van der Waals surface area (Å²) in [5, 5.41) is 6.94. The Kier molecular flexibility index (Phi) is 11.1. The van der Waals surface area contributed by atoms with Crippen LogP contribution in [0, 0.1) is 6.92 Å². The molecule has 306 valence electrons. The van der Waals surface area contributed by atoms with Crippen LogP contribution >= 0.6 is 22.9 Å². The Morgan fingerprint density at radius 2 is 1.86 bits per heavy atom. The number of fused-ring (bicyclic) bond motifs is 2. The van der Waals surface area contributed by atoms with E-state index in [1.54, 1.807) is 16.4 Å². The first kappa shape index (κ1) is 39.9. The lowest BCUT2D eigenvalue weighted by atomic mass is 10.1. The molecule has 0 saturated carbocycles. The second kappa shape index (κ2) is 16.4. The molecule has 0 atom stereocenters. The van der Waals surface area contributed by atoms with Gasteiger partial charge in [-0.3, -0.25) is 14.4 Å². The maximum Gasteiger partial charge on any atom is 0.417 e. The van der Waals surface area contributed by atoms with Crippen LogP contribution in [0.25, 0.3) is 21.6 Å². The van der Waals surface area contributed by atoms with Crippen LogP contribution in [0.5, 0.6) is 5.75 Å². The summed E-state index contributed by atoms with van der Waals surface area (Å²) in [5.41, 5.74) is 2.75. The van der Waals surface area contributed by atoms with Gasteiger partial charge in [-0.1, -0.05) is 54.9 Å². The van der Waals surface area contributed by atoms with Crippen molar-refractivity contribution in [1.29, 1.82) is 0 Å². The summed E-state index contributed by atoms with van der Waals surface area (Å²) in [6.45, 7) is 5.15. The zero-order chi connectivity index (χ0) is 41.4. The van der Waals surface area contributed by atoms with Crippen molar-refractivity contribution in [2.45, 2.75) is 46.0 Å². The quantitative estimate of drug-likeness (QED) is 0.177.